The summed E-state index contributed by atoms with van der Waals surface area (Å²) in [7, 11) is 3.38. The molecule has 0 saturated carbocycles. The lowest BCUT2D eigenvalue weighted by molar-refractivity contribution is 0.159. The average molecular weight is 588 g/mol. The molecule has 41 heavy (non-hydrogen) atoms. The molecule has 0 bridgehead atoms. The Morgan fingerprint density at radius 3 is 2.59 bits per heavy atom. The molecule has 2 amide bonds. The number of carbonyl (C=O) groups excluding carboxylic acids is 1. The second kappa shape index (κ2) is 11.9. The number of benzene rings is 2. The minimum absolute atomic E-state index is 0.0922. The van der Waals surface area contributed by atoms with Crippen molar-refractivity contribution >= 4 is 23.4 Å². The fourth-order valence-corrected chi connectivity index (χ4v) is 5.27. The maximum atomic E-state index is 14.1. The lowest BCUT2D eigenvalue weighted by atomic mass is 9.94. The monoisotopic (exact) mass is 587 g/mol. The summed E-state index contributed by atoms with van der Waals surface area (Å²) in [5, 5.41) is 14.7. The highest BCUT2D eigenvalue weighted by atomic mass is 35.5. The summed E-state index contributed by atoms with van der Waals surface area (Å²) in [5.41, 5.74) is 2.97. The average Bonchev–Trinajstić information content (AvgIpc) is 3.63. The number of aromatic nitrogens is 4. The van der Waals surface area contributed by atoms with Crippen LogP contribution in [0.15, 0.2) is 48.8 Å². The third-order valence-electron chi connectivity index (χ3n) is 7.18. The maximum Gasteiger partial charge on any atom is 0.320 e. The molecule has 0 unspecified atom stereocenters. The van der Waals surface area contributed by atoms with Crippen LogP contribution in [-0.4, -0.2) is 69.9 Å². The number of hydrogen-bond donors (Lipinski definition) is 2. The number of ether oxygens (including phenoxy) is 1. The molecule has 0 radical (unpaired) electrons. The largest absolute Gasteiger partial charge is 0.383 e. The molecule has 2 aromatic carbocycles. The number of rotatable bonds is 8. The highest BCUT2D eigenvalue weighted by Gasteiger charge is 2.35. The van der Waals surface area contributed by atoms with Crippen molar-refractivity contribution in [1.29, 1.82) is 0 Å². The van der Waals surface area contributed by atoms with Crippen LogP contribution in [0.25, 0.3) is 16.9 Å². The van der Waals surface area contributed by atoms with Crippen LogP contribution in [0.1, 0.15) is 17.0 Å². The SMILES string of the molecule is COCCN1C[C@@H](NC(=O)Nc2c(C)c(-c3cnn(C)c3)nn2-c2ccc(F)c(Cl)c2)[C@H](c2ccc(F)c(F)c2)C1. The number of hydrogen-bond acceptors (Lipinski definition) is 5. The number of nitrogens with zero attached hydrogens (tertiary/aromatic N) is 5. The van der Waals surface area contributed by atoms with Gasteiger partial charge >= 0.3 is 6.03 Å². The van der Waals surface area contributed by atoms with Crippen LogP contribution in [0.5, 0.6) is 0 Å². The first-order valence-corrected chi connectivity index (χ1v) is 13.3. The molecule has 1 saturated heterocycles. The van der Waals surface area contributed by atoms with E-state index in [2.05, 4.69) is 25.7 Å². The van der Waals surface area contributed by atoms with Crippen molar-refractivity contribution in [3.63, 3.8) is 0 Å². The van der Waals surface area contributed by atoms with E-state index in [1.165, 1.54) is 35.0 Å². The number of methoxy groups -OCH3 is 1. The summed E-state index contributed by atoms with van der Waals surface area (Å²) in [6.07, 6.45) is 3.45. The van der Waals surface area contributed by atoms with Crippen molar-refractivity contribution in [3.05, 3.63) is 82.4 Å². The van der Waals surface area contributed by atoms with Crippen LogP contribution in [0.2, 0.25) is 5.02 Å². The van der Waals surface area contributed by atoms with E-state index in [1.54, 1.807) is 38.2 Å². The second-order valence-electron chi connectivity index (χ2n) is 9.97. The van der Waals surface area contributed by atoms with E-state index >= 15 is 0 Å². The van der Waals surface area contributed by atoms with E-state index < -0.39 is 29.5 Å². The number of amides is 2. The van der Waals surface area contributed by atoms with Gasteiger partial charge in [-0.2, -0.15) is 10.2 Å². The van der Waals surface area contributed by atoms with E-state index in [0.717, 1.165) is 11.6 Å². The summed E-state index contributed by atoms with van der Waals surface area (Å²) in [4.78, 5) is 15.5. The summed E-state index contributed by atoms with van der Waals surface area (Å²) < 4.78 is 50.0. The summed E-state index contributed by atoms with van der Waals surface area (Å²) in [6, 6.07) is 7.02. The van der Waals surface area contributed by atoms with Gasteiger partial charge in [0, 0.05) is 57.0 Å². The predicted octanol–water partition coefficient (Wildman–Crippen LogP) is 4.89. The lowest BCUT2D eigenvalue weighted by Crippen LogP contribution is -2.42. The van der Waals surface area contributed by atoms with E-state index in [9.17, 15) is 18.0 Å². The zero-order valence-corrected chi connectivity index (χ0v) is 23.4. The Balaban J connectivity index is 1.44. The molecular weight excluding hydrogens is 559 g/mol. The Kier molecular flexibility index (Phi) is 8.34. The van der Waals surface area contributed by atoms with Crippen LogP contribution in [-0.2, 0) is 11.8 Å². The van der Waals surface area contributed by atoms with Gasteiger partial charge in [0.2, 0.25) is 0 Å². The first-order chi connectivity index (χ1) is 19.6. The number of aryl methyl sites for hydroxylation is 1. The second-order valence-corrected chi connectivity index (χ2v) is 10.4. The Morgan fingerprint density at radius 1 is 1.12 bits per heavy atom. The molecule has 2 aromatic heterocycles. The number of anilines is 1. The first kappa shape index (κ1) is 28.7. The van der Waals surface area contributed by atoms with Crippen molar-refractivity contribution < 1.29 is 22.7 Å². The first-order valence-electron chi connectivity index (χ1n) is 12.9. The molecule has 1 fully saturated rings. The van der Waals surface area contributed by atoms with Crippen LogP contribution >= 0.6 is 11.6 Å². The standard InChI is InChI=1S/C28H29ClF3N7O2/c1-16-26(18-12-33-37(2)13-18)36-39(19-5-7-22(30)21(29)11-19)27(16)35-28(40)34-25-15-38(8-9-41-3)14-20(25)17-4-6-23(31)24(32)10-17/h4-7,10-13,20,25H,8-9,14-15H2,1-3H3,(H2,34,35,40)/t20-,25+/m0/s1. The van der Waals surface area contributed by atoms with Crippen molar-refractivity contribution in [3.8, 4) is 16.9 Å². The number of likely N-dealkylation sites (tertiary alicyclic amines) is 1. The summed E-state index contributed by atoms with van der Waals surface area (Å²) in [6.45, 7) is 3.91. The van der Waals surface area contributed by atoms with E-state index in [0.29, 0.717) is 54.6 Å². The van der Waals surface area contributed by atoms with Crippen molar-refractivity contribution in [2.24, 2.45) is 7.05 Å². The fraction of sp³-hybridized carbons (Fsp3) is 0.321. The summed E-state index contributed by atoms with van der Waals surface area (Å²) in [5.74, 6) is -2.40. The predicted molar refractivity (Wildman–Crippen MR) is 149 cm³/mol. The highest BCUT2D eigenvalue weighted by molar-refractivity contribution is 6.30. The van der Waals surface area contributed by atoms with Crippen LogP contribution in [0.4, 0.5) is 23.8 Å². The smallest absolute Gasteiger partial charge is 0.320 e. The number of carbonyl (C=O) groups is 1. The lowest BCUT2D eigenvalue weighted by Gasteiger charge is -2.21. The molecule has 1 aliphatic rings. The quantitative estimate of drug-likeness (QED) is 0.307. The molecule has 13 heteroatoms. The Morgan fingerprint density at radius 2 is 1.90 bits per heavy atom. The molecule has 4 aromatic rings. The van der Waals surface area contributed by atoms with Gasteiger partial charge < -0.3 is 10.1 Å². The highest BCUT2D eigenvalue weighted by Crippen LogP contribution is 2.32. The molecule has 0 spiro atoms. The van der Waals surface area contributed by atoms with Gasteiger partial charge in [-0.3, -0.25) is 14.9 Å². The topological polar surface area (TPSA) is 89.2 Å². The van der Waals surface area contributed by atoms with E-state index in [-0.39, 0.29) is 10.9 Å². The molecule has 2 N–H and O–H groups in total. The van der Waals surface area contributed by atoms with Gasteiger partial charge in [0.05, 0.1) is 29.6 Å². The third kappa shape index (κ3) is 6.09. The molecule has 0 aliphatic carbocycles. The van der Waals surface area contributed by atoms with Crippen molar-refractivity contribution in [1.82, 2.24) is 29.8 Å². The van der Waals surface area contributed by atoms with Crippen LogP contribution < -0.4 is 10.6 Å². The Hall–Kier alpha value is -3.87. The number of halogens is 4. The van der Waals surface area contributed by atoms with Gasteiger partial charge in [-0.05, 0) is 42.8 Å². The molecule has 2 atom stereocenters. The van der Waals surface area contributed by atoms with Gasteiger partial charge in [0.15, 0.2) is 11.6 Å². The number of nitrogens with one attached hydrogen (secondary N) is 2. The van der Waals surface area contributed by atoms with Crippen molar-refractivity contribution in [2.75, 3.05) is 38.7 Å². The van der Waals surface area contributed by atoms with E-state index in [1.807, 2.05) is 0 Å². The fourth-order valence-electron chi connectivity index (χ4n) is 5.09. The normalized spacial score (nSPS) is 17.2. The zero-order valence-electron chi connectivity index (χ0n) is 22.7. The molecule has 9 nitrogen and oxygen atoms in total. The Bertz CT molecular complexity index is 1570. The van der Waals surface area contributed by atoms with Gasteiger partial charge in [0.1, 0.15) is 17.3 Å². The van der Waals surface area contributed by atoms with Crippen LogP contribution in [0, 0.1) is 24.4 Å². The maximum absolute atomic E-state index is 14.1. The molecule has 5 rings (SSSR count). The van der Waals surface area contributed by atoms with Crippen molar-refractivity contribution in [2.45, 2.75) is 18.9 Å². The molecule has 1 aliphatic heterocycles. The molecule has 216 valence electrons. The van der Waals surface area contributed by atoms with Gasteiger partial charge in [0.25, 0.3) is 0 Å². The number of urea groups is 1. The third-order valence-corrected chi connectivity index (χ3v) is 7.47. The van der Waals surface area contributed by atoms with Gasteiger partial charge in [-0.15, -0.1) is 0 Å². The molecule has 3 heterocycles. The van der Waals surface area contributed by atoms with Gasteiger partial charge in [-0.25, -0.2) is 22.6 Å². The molecular formula is C28H29ClF3N7O2. The minimum atomic E-state index is -0.943. The summed E-state index contributed by atoms with van der Waals surface area (Å²) >= 11 is 6.05. The zero-order chi connectivity index (χ0) is 29.3. The van der Waals surface area contributed by atoms with Crippen LogP contribution in [0.3, 0.4) is 0 Å². The minimum Gasteiger partial charge on any atom is -0.383 e. The Labute approximate surface area is 239 Å². The van der Waals surface area contributed by atoms with E-state index in [4.69, 9.17) is 16.3 Å². The van der Waals surface area contributed by atoms with Gasteiger partial charge in [-0.1, -0.05) is 17.7 Å².